The second kappa shape index (κ2) is 5.65. The number of amides is 1. The SMILES string of the molecule is NC(=O)C(CC=S)CCC(=O)O. The summed E-state index contributed by atoms with van der Waals surface area (Å²) in [5, 5.41) is 9.72. The molecule has 0 bridgehead atoms. The lowest BCUT2D eigenvalue weighted by Gasteiger charge is -2.07. The predicted octanol–water partition coefficient (Wildman–Crippen LogP) is 0.342. The van der Waals surface area contributed by atoms with Crippen LogP contribution in [0.25, 0.3) is 0 Å². The van der Waals surface area contributed by atoms with Crippen LogP contribution in [-0.4, -0.2) is 22.4 Å². The van der Waals surface area contributed by atoms with Crippen LogP contribution in [0.1, 0.15) is 19.3 Å². The summed E-state index contributed by atoms with van der Waals surface area (Å²) in [6.45, 7) is 0. The number of thiocarbonyl (C=S) groups is 1. The molecule has 1 unspecified atom stereocenters. The van der Waals surface area contributed by atoms with Crippen molar-refractivity contribution >= 4 is 29.5 Å². The molecule has 1 amide bonds. The van der Waals surface area contributed by atoms with E-state index in [1.54, 1.807) is 0 Å². The minimum Gasteiger partial charge on any atom is -0.481 e. The Morgan fingerprint density at radius 1 is 1.58 bits per heavy atom. The van der Waals surface area contributed by atoms with Crippen LogP contribution < -0.4 is 5.73 Å². The highest BCUT2D eigenvalue weighted by atomic mass is 32.1. The summed E-state index contributed by atoms with van der Waals surface area (Å²) in [7, 11) is 0. The van der Waals surface area contributed by atoms with Gasteiger partial charge in [-0.2, -0.15) is 0 Å². The molecular formula is C7H11NO3S. The first-order valence-corrected chi connectivity index (χ1v) is 3.99. The van der Waals surface area contributed by atoms with Gasteiger partial charge < -0.3 is 10.8 Å². The number of hydrogen-bond acceptors (Lipinski definition) is 3. The maximum absolute atomic E-state index is 10.7. The van der Waals surface area contributed by atoms with E-state index in [1.165, 1.54) is 5.37 Å². The Hall–Kier alpha value is -0.970. The highest BCUT2D eigenvalue weighted by Gasteiger charge is 2.14. The van der Waals surface area contributed by atoms with E-state index in [9.17, 15) is 9.59 Å². The molecule has 3 N–H and O–H groups in total. The van der Waals surface area contributed by atoms with Gasteiger partial charge in [-0.05, 0) is 18.2 Å². The van der Waals surface area contributed by atoms with Gasteiger partial charge in [-0.3, -0.25) is 9.59 Å². The number of carboxylic acids is 1. The van der Waals surface area contributed by atoms with Crippen LogP contribution in [0.15, 0.2) is 0 Å². The number of carbonyl (C=O) groups excluding carboxylic acids is 1. The van der Waals surface area contributed by atoms with Gasteiger partial charge in [-0.15, -0.1) is 0 Å². The van der Waals surface area contributed by atoms with Crippen LogP contribution in [-0.2, 0) is 9.59 Å². The fourth-order valence-corrected chi connectivity index (χ4v) is 1.02. The molecule has 0 aliphatic rings. The second-order valence-corrected chi connectivity index (χ2v) is 2.77. The zero-order valence-corrected chi connectivity index (χ0v) is 7.34. The molecule has 0 aromatic carbocycles. The summed E-state index contributed by atoms with van der Waals surface area (Å²) in [5.41, 5.74) is 5.01. The number of carboxylic acid groups (broad SMARTS) is 1. The maximum atomic E-state index is 10.7. The van der Waals surface area contributed by atoms with Gasteiger partial charge in [0.15, 0.2) is 0 Å². The standard InChI is InChI=1S/C7H11NO3S/c8-7(11)5(3-4-12)1-2-6(9)10/h4-5H,1-3H2,(H2,8,11)(H,9,10). The third-order valence-corrected chi connectivity index (χ3v) is 1.68. The molecule has 0 saturated carbocycles. The lowest BCUT2D eigenvalue weighted by atomic mass is 10.00. The van der Waals surface area contributed by atoms with Crippen molar-refractivity contribution in [1.82, 2.24) is 0 Å². The van der Waals surface area contributed by atoms with E-state index in [1.807, 2.05) is 0 Å². The molecule has 1 atom stereocenters. The van der Waals surface area contributed by atoms with Gasteiger partial charge in [0.25, 0.3) is 0 Å². The molecule has 0 heterocycles. The average molecular weight is 189 g/mol. The van der Waals surface area contributed by atoms with E-state index >= 15 is 0 Å². The molecule has 0 aliphatic heterocycles. The lowest BCUT2D eigenvalue weighted by molar-refractivity contribution is -0.137. The summed E-state index contributed by atoms with van der Waals surface area (Å²) >= 11 is 4.55. The van der Waals surface area contributed by atoms with Crippen LogP contribution in [0, 0.1) is 5.92 Å². The second-order valence-electron chi connectivity index (χ2n) is 2.43. The molecule has 0 saturated heterocycles. The Labute approximate surface area is 75.7 Å². The molecule has 0 radical (unpaired) electrons. The number of aliphatic carboxylic acids is 1. The summed E-state index contributed by atoms with van der Waals surface area (Å²) in [4.78, 5) is 20.8. The Balaban J connectivity index is 3.86. The van der Waals surface area contributed by atoms with Crippen molar-refractivity contribution in [1.29, 1.82) is 0 Å². The monoisotopic (exact) mass is 189 g/mol. The number of rotatable bonds is 6. The van der Waals surface area contributed by atoms with Crippen LogP contribution in [0.5, 0.6) is 0 Å². The van der Waals surface area contributed by atoms with Gasteiger partial charge in [-0.25, -0.2) is 0 Å². The predicted molar refractivity (Wildman–Crippen MR) is 47.8 cm³/mol. The minimum atomic E-state index is -0.925. The Morgan fingerprint density at radius 2 is 2.17 bits per heavy atom. The Kier molecular flexibility index (Phi) is 5.19. The van der Waals surface area contributed by atoms with Crippen molar-refractivity contribution in [2.75, 3.05) is 0 Å². The molecule has 12 heavy (non-hydrogen) atoms. The topological polar surface area (TPSA) is 80.4 Å². The molecule has 0 aromatic heterocycles. The van der Waals surface area contributed by atoms with E-state index < -0.39 is 17.8 Å². The lowest BCUT2D eigenvalue weighted by Crippen LogP contribution is -2.24. The molecular weight excluding hydrogens is 178 g/mol. The van der Waals surface area contributed by atoms with Gasteiger partial charge >= 0.3 is 5.97 Å². The first-order valence-electron chi connectivity index (χ1n) is 3.52. The average Bonchev–Trinajstić information content (AvgIpc) is 1.96. The number of primary amides is 1. The van der Waals surface area contributed by atoms with Gasteiger partial charge in [0.05, 0.1) is 0 Å². The molecule has 0 fully saturated rings. The summed E-state index contributed by atoms with van der Waals surface area (Å²) in [5.74, 6) is -1.85. The smallest absolute Gasteiger partial charge is 0.303 e. The van der Waals surface area contributed by atoms with E-state index in [-0.39, 0.29) is 12.8 Å². The zero-order chi connectivity index (χ0) is 9.56. The normalized spacial score (nSPS) is 12.0. The van der Waals surface area contributed by atoms with Gasteiger partial charge in [0.1, 0.15) is 0 Å². The number of hydrogen-bond donors (Lipinski definition) is 2. The van der Waals surface area contributed by atoms with Crippen molar-refractivity contribution in [3.63, 3.8) is 0 Å². The van der Waals surface area contributed by atoms with Crippen LogP contribution >= 0.6 is 12.2 Å². The maximum Gasteiger partial charge on any atom is 0.303 e. The number of nitrogens with two attached hydrogens (primary N) is 1. The minimum absolute atomic E-state index is 0.0449. The Morgan fingerprint density at radius 3 is 2.50 bits per heavy atom. The molecule has 0 rings (SSSR count). The van der Waals surface area contributed by atoms with Crippen molar-refractivity contribution < 1.29 is 14.7 Å². The van der Waals surface area contributed by atoms with Crippen molar-refractivity contribution in [3.8, 4) is 0 Å². The fourth-order valence-electron chi connectivity index (χ4n) is 0.790. The summed E-state index contributed by atoms with van der Waals surface area (Å²) < 4.78 is 0. The first kappa shape index (κ1) is 11.0. The molecule has 68 valence electrons. The van der Waals surface area contributed by atoms with Gasteiger partial charge in [-0.1, -0.05) is 12.2 Å². The van der Waals surface area contributed by atoms with Crippen molar-refractivity contribution in [2.24, 2.45) is 11.7 Å². The quantitative estimate of drug-likeness (QED) is 0.590. The molecule has 0 aliphatic carbocycles. The van der Waals surface area contributed by atoms with E-state index in [0.29, 0.717) is 6.42 Å². The van der Waals surface area contributed by atoms with Crippen molar-refractivity contribution in [2.45, 2.75) is 19.3 Å². The van der Waals surface area contributed by atoms with Crippen LogP contribution in [0.4, 0.5) is 0 Å². The molecule has 4 nitrogen and oxygen atoms in total. The van der Waals surface area contributed by atoms with E-state index in [0.717, 1.165) is 0 Å². The van der Waals surface area contributed by atoms with E-state index in [2.05, 4.69) is 12.2 Å². The Bertz CT molecular complexity index is 193. The van der Waals surface area contributed by atoms with Gasteiger partial charge in [0, 0.05) is 12.3 Å². The largest absolute Gasteiger partial charge is 0.481 e. The molecule has 5 heteroatoms. The highest BCUT2D eigenvalue weighted by molar-refractivity contribution is 7.78. The molecule has 0 aromatic rings. The fraction of sp³-hybridized carbons (Fsp3) is 0.571. The number of carbonyl (C=O) groups is 2. The third kappa shape index (κ3) is 4.79. The van der Waals surface area contributed by atoms with Crippen LogP contribution in [0.3, 0.4) is 0 Å². The zero-order valence-electron chi connectivity index (χ0n) is 6.53. The highest BCUT2D eigenvalue weighted by Crippen LogP contribution is 2.09. The summed E-state index contributed by atoms with van der Waals surface area (Å²) in [6, 6.07) is 0. The van der Waals surface area contributed by atoms with Gasteiger partial charge in [0.2, 0.25) is 5.91 Å². The van der Waals surface area contributed by atoms with Crippen molar-refractivity contribution in [3.05, 3.63) is 0 Å². The van der Waals surface area contributed by atoms with Crippen LogP contribution in [0.2, 0.25) is 0 Å². The third-order valence-electron chi connectivity index (χ3n) is 1.49. The van der Waals surface area contributed by atoms with E-state index in [4.69, 9.17) is 10.8 Å². The summed E-state index contributed by atoms with van der Waals surface area (Å²) in [6.07, 6.45) is 0.590. The first-order chi connectivity index (χ1) is 5.57. The molecule has 0 spiro atoms.